The molecular weight excluding hydrogens is 392 g/mol. The molecule has 5 heteroatoms. The first-order valence-electron chi connectivity index (χ1n) is 10.1. The van der Waals surface area contributed by atoms with E-state index in [1.165, 1.54) is 4.70 Å². The van der Waals surface area contributed by atoms with Gasteiger partial charge in [0.1, 0.15) is 5.75 Å². The van der Waals surface area contributed by atoms with Gasteiger partial charge in [-0.1, -0.05) is 54.6 Å². The quantitative estimate of drug-likeness (QED) is 0.411. The molecule has 4 nitrogen and oxygen atoms in total. The van der Waals surface area contributed by atoms with Crippen LogP contribution in [0.3, 0.4) is 0 Å². The summed E-state index contributed by atoms with van der Waals surface area (Å²) in [5.74, 6) is 0.841. The lowest BCUT2D eigenvalue weighted by atomic mass is 9.98. The van der Waals surface area contributed by atoms with E-state index in [0.717, 1.165) is 40.2 Å². The van der Waals surface area contributed by atoms with Crippen LogP contribution in [0.5, 0.6) is 5.75 Å². The summed E-state index contributed by atoms with van der Waals surface area (Å²) in [5.41, 5.74) is 3.12. The summed E-state index contributed by atoms with van der Waals surface area (Å²) >= 11 is 1.71. The van der Waals surface area contributed by atoms with Crippen molar-refractivity contribution in [2.75, 3.05) is 7.11 Å². The number of benzene rings is 3. The van der Waals surface area contributed by atoms with E-state index in [-0.39, 0.29) is 11.9 Å². The Morgan fingerprint density at radius 2 is 1.67 bits per heavy atom. The highest BCUT2D eigenvalue weighted by molar-refractivity contribution is 7.18. The average Bonchev–Trinajstić information content (AvgIpc) is 3.21. The molecular formula is C25H24N2O2S. The number of aromatic nitrogens is 1. The van der Waals surface area contributed by atoms with Crippen molar-refractivity contribution in [3.63, 3.8) is 0 Å². The van der Waals surface area contributed by atoms with E-state index in [2.05, 4.69) is 16.4 Å². The lowest BCUT2D eigenvalue weighted by Crippen LogP contribution is -2.29. The fourth-order valence-corrected chi connectivity index (χ4v) is 4.47. The monoisotopic (exact) mass is 416 g/mol. The van der Waals surface area contributed by atoms with E-state index in [0.29, 0.717) is 6.42 Å². The summed E-state index contributed by atoms with van der Waals surface area (Å²) in [5, 5.41) is 4.29. The largest absolute Gasteiger partial charge is 0.497 e. The molecule has 4 aromatic rings. The number of aryl methyl sites for hydroxylation is 1. The normalized spacial score (nSPS) is 11.9. The Morgan fingerprint density at radius 1 is 0.967 bits per heavy atom. The second kappa shape index (κ2) is 9.55. The summed E-state index contributed by atoms with van der Waals surface area (Å²) in [4.78, 5) is 17.4. The van der Waals surface area contributed by atoms with Crippen molar-refractivity contribution in [3.8, 4) is 5.75 Å². The molecule has 0 saturated carbocycles. The number of rotatable bonds is 8. The van der Waals surface area contributed by atoms with Gasteiger partial charge in [-0.05, 0) is 48.2 Å². The molecule has 30 heavy (non-hydrogen) atoms. The molecule has 0 aliphatic heterocycles. The van der Waals surface area contributed by atoms with Crippen LogP contribution in [0, 0.1) is 0 Å². The molecule has 3 aromatic carbocycles. The second-order valence-electron chi connectivity index (χ2n) is 7.11. The van der Waals surface area contributed by atoms with Gasteiger partial charge in [0.2, 0.25) is 5.91 Å². The van der Waals surface area contributed by atoms with Gasteiger partial charge < -0.3 is 10.1 Å². The summed E-state index contributed by atoms with van der Waals surface area (Å²) < 4.78 is 6.46. The van der Waals surface area contributed by atoms with Crippen molar-refractivity contribution in [2.24, 2.45) is 0 Å². The van der Waals surface area contributed by atoms with Crippen molar-refractivity contribution < 1.29 is 9.53 Å². The van der Waals surface area contributed by atoms with Gasteiger partial charge in [0.25, 0.3) is 0 Å². The number of hydrogen-bond acceptors (Lipinski definition) is 4. The predicted octanol–water partition coefficient (Wildman–Crippen LogP) is 5.53. The van der Waals surface area contributed by atoms with E-state index in [1.54, 1.807) is 18.4 Å². The molecule has 1 aromatic heterocycles. The summed E-state index contributed by atoms with van der Waals surface area (Å²) in [6, 6.07) is 25.8. The van der Waals surface area contributed by atoms with Crippen molar-refractivity contribution in [1.29, 1.82) is 0 Å². The van der Waals surface area contributed by atoms with Crippen LogP contribution in [0.15, 0.2) is 78.9 Å². The van der Waals surface area contributed by atoms with Crippen molar-refractivity contribution in [2.45, 2.75) is 25.3 Å². The van der Waals surface area contributed by atoms with Crippen LogP contribution in [0.2, 0.25) is 0 Å². The van der Waals surface area contributed by atoms with Gasteiger partial charge in [-0.15, -0.1) is 11.3 Å². The van der Waals surface area contributed by atoms with Gasteiger partial charge in [-0.3, -0.25) is 4.79 Å². The zero-order chi connectivity index (χ0) is 20.8. The fraction of sp³-hybridized carbons (Fsp3) is 0.200. The lowest BCUT2D eigenvalue weighted by Gasteiger charge is -2.20. The Balaban J connectivity index is 1.40. The maximum absolute atomic E-state index is 12.7. The van der Waals surface area contributed by atoms with Gasteiger partial charge in [0, 0.05) is 6.42 Å². The Labute approximate surface area is 180 Å². The number of thiazole rings is 1. The molecule has 0 bridgehead atoms. The number of nitrogens with one attached hydrogen (secondary N) is 1. The molecule has 1 amide bonds. The van der Waals surface area contributed by atoms with E-state index < -0.39 is 0 Å². The van der Waals surface area contributed by atoms with Gasteiger partial charge in [0.15, 0.2) is 0 Å². The minimum absolute atomic E-state index is 0.0424. The number of amides is 1. The number of hydrogen-bond donors (Lipinski definition) is 1. The lowest BCUT2D eigenvalue weighted by molar-refractivity contribution is -0.121. The first kappa shape index (κ1) is 20.1. The molecule has 0 fully saturated rings. The van der Waals surface area contributed by atoms with Crippen LogP contribution < -0.4 is 10.1 Å². The van der Waals surface area contributed by atoms with Crippen LogP contribution >= 0.6 is 11.3 Å². The average molecular weight is 417 g/mol. The van der Waals surface area contributed by atoms with Gasteiger partial charge >= 0.3 is 0 Å². The molecule has 0 radical (unpaired) electrons. The smallest absolute Gasteiger partial charge is 0.220 e. The standard InChI is InChI=1S/C25H24N2O2S/c1-29-20-16-14-19(15-17-20)25(18-8-3-2-4-9-18)27-23(28)12-7-13-24-26-21-10-5-6-11-22(21)30-24/h2-6,8-11,14-17,25H,7,12-13H2,1H3,(H,27,28). The van der Waals surface area contributed by atoms with Gasteiger partial charge in [0.05, 0.1) is 28.4 Å². The number of fused-ring (bicyclic) bond motifs is 1. The van der Waals surface area contributed by atoms with Crippen LogP contribution in [0.4, 0.5) is 0 Å². The van der Waals surface area contributed by atoms with Crippen LogP contribution in [-0.4, -0.2) is 18.0 Å². The fourth-order valence-electron chi connectivity index (χ4n) is 3.46. The predicted molar refractivity (Wildman–Crippen MR) is 122 cm³/mol. The third-order valence-electron chi connectivity index (χ3n) is 5.02. The Kier molecular flexibility index (Phi) is 6.40. The number of para-hydroxylation sites is 1. The summed E-state index contributed by atoms with van der Waals surface area (Å²) in [7, 11) is 1.65. The maximum Gasteiger partial charge on any atom is 0.220 e. The van der Waals surface area contributed by atoms with Gasteiger partial charge in [-0.25, -0.2) is 4.98 Å². The number of methoxy groups -OCH3 is 1. The van der Waals surface area contributed by atoms with Crippen LogP contribution in [-0.2, 0) is 11.2 Å². The summed E-state index contributed by atoms with van der Waals surface area (Å²) in [6.45, 7) is 0. The van der Waals surface area contributed by atoms with E-state index >= 15 is 0 Å². The number of ether oxygens (including phenoxy) is 1. The molecule has 0 aliphatic carbocycles. The van der Waals surface area contributed by atoms with E-state index in [4.69, 9.17) is 4.74 Å². The Hall–Kier alpha value is -3.18. The van der Waals surface area contributed by atoms with Crippen LogP contribution in [0.25, 0.3) is 10.2 Å². The maximum atomic E-state index is 12.7. The van der Waals surface area contributed by atoms with E-state index in [9.17, 15) is 4.79 Å². The highest BCUT2D eigenvalue weighted by Crippen LogP contribution is 2.25. The highest BCUT2D eigenvalue weighted by Gasteiger charge is 2.17. The molecule has 4 rings (SSSR count). The number of carbonyl (C=O) groups excluding carboxylic acids is 1. The molecule has 1 unspecified atom stereocenters. The minimum atomic E-state index is -0.188. The zero-order valence-electron chi connectivity index (χ0n) is 16.9. The van der Waals surface area contributed by atoms with Gasteiger partial charge in [-0.2, -0.15) is 0 Å². The van der Waals surface area contributed by atoms with Crippen LogP contribution in [0.1, 0.15) is 35.0 Å². The summed E-state index contributed by atoms with van der Waals surface area (Å²) in [6.07, 6.45) is 2.05. The minimum Gasteiger partial charge on any atom is -0.497 e. The molecule has 1 heterocycles. The molecule has 1 N–H and O–H groups in total. The second-order valence-corrected chi connectivity index (χ2v) is 8.23. The molecule has 0 saturated heterocycles. The number of carbonyl (C=O) groups is 1. The SMILES string of the molecule is COc1ccc(C(NC(=O)CCCc2nc3ccccc3s2)c2ccccc2)cc1. The third kappa shape index (κ3) is 4.86. The van der Waals surface area contributed by atoms with Crippen molar-refractivity contribution >= 4 is 27.5 Å². The third-order valence-corrected chi connectivity index (χ3v) is 6.12. The molecule has 0 aliphatic rings. The topological polar surface area (TPSA) is 51.2 Å². The zero-order valence-corrected chi connectivity index (χ0v) is 17.7. The van der Waals surface area contributed by atoms with Crippen molar-refractivity contribution in [1.82, 2.24) is 10.3 Å². The Morgan fingerprint density at radius 3 is 2.40 bits per heavy atom. The van der Waals surface area contributed by atoms with E-state index in [1.807, 2.05) is 72.8 Å². The molecule has 0 spiro atoms. The van der Waals surface area contributed by atoms with Crippen molar-refractivity contribution in [3.05, 3.63) is 95.0 Å². The highest BCUT2D eigenvalue weighted by atomic mass is 32.1. The number of nitrogens with zero attached hydrogens (tertiary/aromatic N) is 1. The molecule has 152 valence electrons. The first-order chi connectivity index (χ1) is 14.7. The first-order valence-corrected chi connectivity index (χ1v) is 10.9. The Bertz CT molecular complexity index is 1070. The molecule has 1 atom stereocenters.